The Morgan fingerprint density at radius 3 is 3.05 bits per heavy atom. The summed E-state index contributed by atoms with van der Waals surface area (Å²) in [6.45, 7) is 2.94. The smallest absolute Gasteiger partial charge is 0.0715 e. The van der Waals surface area contributed by atoms with Crippen molar-refractivity contribution in [2.45, 2.75) is 44.7 Å². The van der Waals surface area contributed by atoms with E-state index in [0.717, 1.165) is 29.6 Å². The van der Waals surface area contributed by atoms with Gasteiger partial charge in [0.1, 0.15) is 0 Å². The summed E-state index contributed by atoms with van der Waals surface area (Å²) in [5, 5.41) is 4.43. The van der Waals surface area contributed by atoms with Crippen LogP contribution in [-0.2, 0) is 13.0 Å². The molecule has 1 aliphatic rings. The lowest BCUT2D eigenvalue weighted by Gasteiger charge is -2.32. The maximum absolute atomic E-state index is 5.93. The summed E-state index contributed by atoms with van der Waals surface area (Å²) in [7, 11) is 0. The number of rotatable bonds is 4. The van der Waals surface area contributed by atoms with Crippen molar-refractivity contribution in [1.29, 1.82) is 0 Å². The topological polar surface area (TPSA) is 55.9 Å². The number of nitrogens with zero attached hydrogens (tertiary/aromatic N) is 2. The fourth-order valence-corrected chi connectivity index (χ4v) is 4.00. The summed E-state index contributed by atoms with van der Waals surface area (Å²) in [5.74, 6) is 6.32. The van der Waals surface area contributed by atoms with Crippen LogP contribution in [0, 0.1) is 0 Å². The van der Waals surface area contributed by atoms with Gasteiger partial charge in [-0.1, -0.05) is 24.3 Å². The van der Waals surface area contributed by atoms with Crippen LogP contribution in [0.3, 0.4) is 0 Å². The van der Waals surface area contributed by atoms with Crippen LogP contribution in [0.4, 0.5) is 0 Å². The maximum Gasteiger partial charge on any atom is 0.0715 e. The molecule has 3 N–H and O–H groups in total. The first-order valence-corrected chi connectivity index (χ1v) is 8.30. The van der Waals surface area contributed by atoms with Crippen molar-refractivity contribution >= 4 is 15.9 Å². The van der Waals surface area contributed by atoms with E-state index in [2.05, 4.69) is 57.6 Å². The van der Waals surface area contributed by atoms with Gasteiger partial charge in [0.25, 0.3) is 0 Å². The molecule has 2 atom stereocenters. The molecule has 1 heterocycles. The molecule has 0 spiro atoms. The zero-order valence-corrected chi connectivity index (χ0v) is 13.8. The van der Waals surface area contributed by atoms with Crippen molar-refractivity contribution in [3.63, 3.8) is 0 Å². The van der Waals surface area contributed by atoms with Gasteiger partial charge in [0.15, 0.2) is 0 Å². The summed E-state index contributed by atoms with van der Waals surface area (Å²) in [6.07, 6.45) is 5.38. The van der Waals surface area contributed by atoms with E-state index in [4.69, 9.17) is 5.84 Å². The Hall–Kier alpha value is -1.17. The van der Waals surface area contributed by atoms with Crippen LogP contribution < -0.4 is 11.3 Å². The first-order chi connectivity index (χ1) is 10.3. The normalized spacial score (nSPS) is 19.3. The van der Waals surface area contributed by atoms with Gasteiger partial charge >= 0.3 is 0 Å². The SMILES string of the molecule is CCn1ncc(Br)c1C(NN)C1CCCc2ccccc21. The minimum absolute atomic E-state index is 0.0725. The molecule has 0 amide bonds. The van der Waals surface area contributed by atoms with Gasteiger partial charge < -0.3 is 0 Å². The molecule has 0 bridgehead atoms. The van der Waals surface area contributed by atoms with E-state index in [1.807, 2.05) is 10.9 Å². The second-order valence-electron chi connectivity index (χ2n) is 5.54. The molecule has 0 aliphatic heterocycles. The van der Waals surface area contributed by atoms with Crippen LogP contribution in [0.15, 0.2) is 34.9 Å². The zero-order valence-electron chi connectivity index (χ0n) is 12.2. The van der Waals surface area contributed by atoms with E-state index < -0.39 is 0 Å². The van der Waals surface area contributed by atoms with Crippen LogP contribution in [0.5, 0.6) is 0 Å². The van der Waals surface area contributed by atoms with Gasteiger partial charge in [-0.15, -0.1) is 0 Å². The van der Waals surface area contributed by atoms with Crippen molar-refractivity contribution < 1.29 is 0 Å². The average molecular weight is 349 g/mol. The summed E-state index contributed by atoms with van der Waals surface area (Å²) >= 11 is 3.63. The molecule has 2 aromatic rings. The van der Waals surface area contributed by atoms with Crippen LogP contribution in [0.1, 0.15) is 48.5 Å². The number of aryl methyl sites for hydroxylation is 2. The van der Waals surface area contributed by atoms with Crippen LogP contribution in [0.25, 0.3) is 0 Å². The number of nitrogens with two attached hydrogens (primary N) is 1. The first kappa shape index (κ1) is 14.8. The molecule has 5 heteroatoms. The van der Waals surface area contributed by atoms with Gasteiger partial charge in [-0.05, 0) is 53.2 Å². The number of hydrazine groups is 1. The average Bonchev–Trinajstić information content (AvgIpc) is 2.90. The number of aromatic nitrogens is 2. The van der Waals surface area contributed by atoms with Crippen molar-refractivity contribution in [2.75, 3.05) is 0 Å². The Kier molecular flexibility index (Phi) is 4.42. The molecule has 2 unspecified atom stereocenters. The Morgan fingerprint density at radius 2 is 2.29 bits per heavy atom. The summed E-state index contributed by atoms with van der Waals surface area (Å²) < 4.78 is 3.04. The highest BCUT2D eigenvalue weighted by molar-refractivity contribution is 9.10. The molecule has 4 nitrogen and oxygen atoms in total. The summed E-state index contributed by atoms with van der Waals surface area (Å²) in [6, 6.07) is 8.80. The van der Waals surface area contributed by atoms with Gasteiger partial charge in [-0.25, -0.2) is 0 Å². The van der Waals surface area contributed by atoms with Crippen molar-refractivity contribution in [1.82, 2.24) is 15.2 Å². The third-order valence-electron chi connectivity index (χ3n) is 4.43. The number of fused-ring (bicyclic) bond motifs is 1. The van der Waals surface area contributed by atoms with Crippen LogP contribution in [0.2, 0.25) is 0 Å². The van der Waals surface area contributed by atoms with Crippen molar-refractivity contribution in [2.24, 2.45) is 5.84 Å². The fourth-order valence-electron chi connectivity index (χ4n) is 3.46. The standard InChI is InChI=1S/C16H21BrN4/c1-2-21-16(14(17)10-19-21)15(20-18)13-9-5-7-11-6-3-4-8-12(11)13/h3-4,6,8,10,13,15,20H,2,5,7,9,18H2,1H3. The highest BCUT2D eigenvalue weighted by Gasteiger charge is 2.31. The lowest BCUT2D eigenvalue weighted by molar-refractivity contribution is 0.383. The summed E-state index contributed by atoms with van der Waals surface area (Å²) in [4.78, 5) is 0. The van der Waals surface area contributed by atoms with E-state index in [1.165, 1.54) is 17.5 Å². The number of nitrogens with one attached hydrogen (secondary N) is 1. The lowest BCUT2D eigenvalue weighted by atomic mass is 9.78. The second kappa shape index (κ2) is 6.30. The molecule has 21 heavy (non-hydrogen) atoms. The molecular formula is C16H21BrN4. The monoisotopic (exact) mass is 348 g/mol. The number of hydrogen-bond donors (Lipinski definition) is 2. The molecule has 0 radical (unpaired) electrons. The lowest BCUT2D eigenvalue weighted by Crippen LogP contribution is -2.35. The molecule has 3 rings (SSSR count). The number of halogens is 1. The Balaban J connectivity index is 2.03. The molecule has 0 fully saturated rings. The highest BCUT2D eigenvalue weighted by atomic mass is 79.9. The number of benzene rings is 1. The molecule has 1 aliphatic carbocycles. The van der Waals surface area contributed by atoms with E-state index in [9.17, 15) is 0 Å². The van der Waals surface area contributed by atoms with E-state index in [-0.39, 0.29) is 6.04 Å². The van der Waals surface area contributed by atoms with E-state index in [1.54, 1.807) is 0 Å². The third kappa shape index (κ3) is 2.65. The van der Waals surface area contributed by atoms with E-state index in [0.29, 0.717) is 5.92 Å². The maximum atomic E-state index is 5.93. The molecule has 1 aromatic heterocycles. The summed E-state index contributed by atoms with van der Waals surface area (Å²) in [5.41, 5.74) is 7.05. The molecule has 0 saturated heterocycles. The Bertz CT molecular complexity index is 622. The van der Waals surface area contributed by atoms with Crippen LogP contribution >= 0.6 is 15.9 Å². The minimum atomic E-state index is 0.0725. The predicted molar refractivity (Wildman–Crippen MR) is 87.8 cm³/mol. The van der Waals surface area contributed by atoms with Gasteiger partial charge in [-0.2, -0.15) is 5.10 Å². The first-order valence-electron chi connectivity index (χ1n) is 7.51. The number of hydrogen-bond acceptors (Lipinski definition) is 3. The highest BCUT2D eigenvalue weighted by Crippen LogP contribution is 2.41. The fraction of sp³-hybridized carbons (Fsp3) is 0.438. The molecule has 112 valence electrons. The van der Waals surface area contributed by atoms with Crippen molar-refractivity contribution in [3.05, 3.63) is 51.8 Å². The van der Waals surface area contributed by atoms with Gasteiger partial charge in [0.2, 0.25) is 0 Å². The van der Waals surface area contributed by atoms with Crippen molar-refractivity contribution in [3.8, 4) is 0 Å². The Morgan fingerprint density at radius 1 is 1.48 bits per heavy atom. The predicted octanol–water partition coefficient (Wildman–Crippen LogP) is 3.29. The van der Waals surface area contributed by atoms with Gasteiger partial charge in [0, 0.05) is 12.5 Å². The molecule has 0 saturated carbocycles. The quantitative estimate of drug-likeness (QED) is 0.658. The molecular weight excluding hydrogens is 328 g/mol. The second-order valence-corrected chi connectivity index (χ2v) is 6.39. The third-order valence-corrected chi connectivity index (χ3v) is 5.04. The van der Waals surface area contributed by atoms with Gasteiger partial charge in [0.05, 0.1) is 22.4 Å². The zero-order chi connectivity index (χ0) is 14.8. The minimum Gasteiger partial charge on any atom is -0.271 e. The van der Waals surface area contributed by atoms with E-state index >= 15 is 0 Å². The van der Waals surface area contributed by atoms with Crippen LogP contribution in [-0.4, -0.2) is 9.78 Å². The molecule has 1 aromatic carbocycles. The Labute approximate surface area is 133 Å². The van der Waals surface area contributed by atoms with Gasteiger partial charge in [-0.3, -0.25) is 16.0 Å². The largest absolute Gasteiger partial charge is 0.271 e.